The van der Waals surface area contributed by atoms with Crippen molar-refractivity contribution in [3.63, 3.8) is 0 Å². The van der Waals surface area contributed by atoms with E-state index in [1.165, 1.54) is 30.0 Å². The summed E-state index contributed by atoms with van der Waals surface area (Å²) in [5, 5.41) is 13.6. The highest BCUT2D eigenvalue weighted by Gasteiger charge is 2.24. The van der Waals surface area contributed by atoms with Gasteiger partial charge in [0.1, 0.15) is 10.7 Å². The number of carbonyl (C=O) groups is 1. The van der Waals surface area contributed by atoms with Crippen LogP contribution in [0.3, 0.4) is 0 Å². The summed E-state index contributed by atoms with van der Waals surface area (Å²) in [5.74, 6) is -0.384. The van der Waals surface area contributed by atoms with Gasteiger partial charge < -0.3 is 9.73 Å². The Morgan fingerprint density at radius 3 is 2.84 bits per heavy atom. The van der Waals surface area contributed by atoms with Gasteiger partial charge in [-0.1, -0.05) is 0 Å². The van der Waals surface area contributed by atoms with Crippen molar-refractivity contribution in [1.29, 1.82) is 0 Å². The first kappa shape index (κ1) is 13.3. The van der Waals surface area contributed by atoms with E-state index in [2.05, 4.69) is 10.3 Å². The van der Waals surface area contributed by atoms with Crippen LogP contribution in [0.15, 0.2) is 26.4 Å². The number of hydrogen-bond acceptors (Lipinski definition) is 6. The summed E-state index contributed by atoms with van der Waals surface area (Å²) >= 11 is 1.18. The van der Waals surface area contributed by atoms with Gasteiger partial charge >= 0.3 is 5.88 Å². The topological polar surface area (TPSA) is 97.7 Å². The number of amides is 1. The van der Waals surface area contributed by atoms with Crippen molar-refractivity contribution in [3.05, 3.63) is 32.9 Å². The van der Waals surface area contributed by atoms with Gasteiger partial charge in [0.2, 0.25) is 0 Å². The Kier molecular flexibility index (Phi) is 3.70. The average Bonchev–Trinajstić information content (AvgIpc) is 2.87. The zero-order valence-electron chi connectivity index (χ0n) is 10.2. The molecule has 0 atom stereocenters. The molecule has 0 radical (unpaired) electrons. The Morgan fingerprint density at radius 1 is 1.53 bits per heavy atom. The minimum Gasteiger partial charge on any atom is -0.401 e. The Bertz CT molecular complexity index is 589. The van der Waals surface area contributed by atoms with Crippen LogP contribution in [0.2, 0.25) is 0 Å². The van der Waals surface area contributed by atoms with E-state index in [1.54, 1.807) is 0 Å². The Morgan fingerprint density at radius 2 is 2.26 bits per heavy atom. The molecule has 0 aliphatic carbocycles. The molecular formula is C11H11N3O4S. The predicted molar refractivity (Wildman–Crippen MR) is 71.6 cm³/mol. The molecule has 1 aromatic rings. The molecule has 0 spiro atoms. The minimum atomic E-state index is -0.629. The van der Waals surface area contributed by atoms with Crippen LogP contribution in [-0.2, 0) is 4.79 Å². The van der Waals surface area contributed by atoms with Crippen LogP contribution in [0.1, 0.15) is 19.6 Å². The number of nitro groups is 1. The number of furan rings is 1. The average molecular weight is 281 g/mol. The largest absolute Gasteiger partial charge is 0.433 e. The molecule has 1 aliphatic heterocycles. The lowest BCUT2D eigenvalue weighted by atomic mass is 10.4. The SMILES string of the molecule is CC(C)N=C1NC(=O)/C(=C\c2ccc([N+](=O)[O-])o2)S1. The van der Waals surface area contributed by atoms with Gasteiger partial charge in [-0.3, -0.25) is 19.9 Å². The fourth-order valence-electron chi connectivity index (χ4n) is 1.37. The molecule has 2 rings (SSSR count). The third kappa shape index (κ3) is 3.22. The summed E-state index contributed by atoms with van der Waals surface area (Å²) in [6, 6.07) is 2.76. The fraction of sp³-hybridized carbons (Fsp3) is 0.273. The molecule has 100 valence electrons. The zero-order chi connectivity index (χ0) is 14.0. The standard InChI is InChI=1S/C11H11N3O4S/c1-6(2)12-11-13-10(15)8(19-11)5-7-3-4-9(18-7)14(16)17/h3-6H,1-2H3,(H,12,13,15)/b8-5+. The molecule has 1 fully saturated rings. The fourth-order valence-corrected chi connectivity index (χ4v) is 2.30. The van der Waals surface area contributed by atoms with Crippen LogP contribution >= 0.6 is 11.8 Å². The Hall–Kier alpha value is -2.09. The van der Waals surface area contributed by atoms with Crippen LogP contribution in [-0.4, -0.2) is 22.0 Å². The molecule has 0 bridgehead atoms. The summed E-state index contributed by atoms with van der Waals surface area (Å²) in [6.45, 7) is 3.80. The van der Waals surface area contributed by atoms with Crippen molar-refractivity contribution < 1.29 is 14.1 Å². The smallest absolute Gasteiger partial charge is 0.401 e. The monoisotopic (exact) mass is 281 g/mol. The maximum atomic E-state index is 11.7. The van der Waals surface area contributed by atoms with E-state index in [9.17, 15) is 14.9 Å². The predicted octanol–water partition coefficient (Wildman–Crippen LogP) is 2.16. The van der Waals surface area contributed by atoms with Gasteiger partial charge in [-0.15, -0.1) is 0 Å². The second kappa shape index (κ2) is 5.27. The van der Waals surface area contributed by atoms with Crippen LogP contribution in [0.25, 0.3) is 6.08 Å². The van der Waals surface area contributed by atoms with Crippen LogP contribution < -0.4 is 5.32 Å². The molecule has 19 heavy (non-hydrogen) atoms. The van der Waals surface area contributed by atoms with Crippen molar-refractivity contribution in [2.45, 2.75) is 19.9 Å². The summed E-state index contributed by atoms with van der Waals surface area (Å²) < 4.78 is 4.96. The molecule has 1 amide bonds. The van der Waals surface area contributed by atoms with Gasteiger partial charge in [0.05, 0.1) is 11.0 Å². The van der Waals surface area contributed by atoms with Crippen molar-refractivity contribution in [3.8, 4) is 0 Å². The van der Waals surface area contributed by atoms with E-state index >= 15 is 0 Å². The number of nitrogens with one attached hydrogen (secondary N) is 1. The number of nitrogens with zero attached hydrogens (tertiary/aromatic N) is 2. The van der Waals surface area contributed by atoms with Gasteiger partial charge in [-0.25, -0.2) is 0 Å². The lowest BCUT2D eigenvalue weighted by molar-refractivity contribution is -0.402. The van der Waals surface area contributed by atoms with Gasteiger partial charge in [-0.2, -0.15) is 0 Å². The van der Waals surface area contributed by atoms with E-state index in [1.807, 2.05) is 13.8 Å². The molecule has 1 saturated heterocycles. The van der Waals surface area contributed by atoms with E-state index in [4.69, 9.17) is 4.42 Å². The molecule has 0 saturated carbocycles. The first-order chi connectivity index (χ1) is 8.95. The summed E-state index contributed by atoms with van der Waals surface area (Å²) in [7, 11) is 0. The zero-order valence-corrected chi connectivity index (χ0v) is 11.1. The lowest BCUT2D eigenvalue weighted by Gasteiger charge is -1.97. The summed E-state index contributed by atoms with van der Waals surface area (Å²) in [5.41, 5.74) is 0. The molecule has 7 nitrogen and oxygen atoms in total. The number of hydrogen-bond donors (Lipinski definition) is 1. The number of amidine groups is 1. The highest BCUT2D eigenvalue weighted by Crippen LogP contribution is 2.27. The lowest BCUT2D eigenvalue weighted by Crippen LogP contribution is -2.20. The maximum Gasteiger partial charge on any atom is 0.433 e. The third-order valence-electron chi connectivity index (χ3n) is 2.09. The second-order valence-electron chi connectivity index (χ2n) is 4.03. The Balaban J connectivity index is 2.19. The van der Waals surface area contributed by atoms with Crippen molar-refractivity contribution in [2.24, 2.45) is 4.99 Å². The molecule has 0 unspecified atom stereocenters. The van der Waals surface area contributed by atoms with E-state index in [-0.39, 0.29) is 23.6 Å². The minimum absolute atomic E-state index is 0.0758. The molecule has 2 heterocycles. The molecule has 8 heteroatoms. The van der Waals surface area contributed by atoms with Crippen molar-refractivity contribution >= 4 is 34.8 Å². The normalized spacial score (nSPS) is 19.4. The van der Waals surface area contributed by atoms with Crippen molar-refractivity contribution in [2.75, 3.05) is 0 Å². The maximum absolute atomic E-state index is 11.7. The number of rotatable bonds is 3. The van der Waals surface area contributed by atoms with E-state index in [0.717, 1.165) is 0 Å². The highest BCUT2D eigenvalue weighted by atomic mass is 32.2. The molecule has 1 aliphatic rings. The van der Waals surface area contributed by atoms with Crippen LogP contribution in [0, 0.1) is 10.1 Å². The Labute approximate surface area is 112 Å². The molecular weight excluding hydrogens is 270 g/mol. The van der Waals surface area contributed by atoms with Crippen LogP contribution in [0.5, 0.6) is 0 Å². The van der Waals surface area contributed by atoms with E-state index in [0.29, 0.717) is 10.1 Å². The van der Waals surface area contributed by atoms with Gasteiger partial charge in [-0.05, 0) is 31.7 Å². The quantitative estimate of drug-likeness (QED) is 0.520. The summed E-state index contributed by atoms with van der Waals surface area (Å²) in [4.78, 5) is 26.1. The number of thioether (sulfide) groups is 1. The van der Waals surface area contributed by atoms with Crippen LogP contribution in [0.4, 0.5) is 5.88 Å². The number of carbonyl (C=O) groups excluding carboxylic acids is 1. The summed E-state index contributed by atoms with van der Waals surface area (Å²) in [6.07, 6.45) is 1.45. The first-order valence-corrected chi connectivity index (χ1v) is 6.30. The first-order valence-electron chi connectivity index (χ1n) is 5.48. The van der Waals surface area contributed by atoms with Gasteiger partial charge in [0.15, 0.2) is 5.17 Å². The van der Waals surface area contributed by atoms with E-state index < -0.39 is 4.92 Å². The van der Waals surface area contributed by atoms with Gasteiger partial charge in [0.25, 0.3) is 5.91 Å². The molecule has 1 N–H and O–H groups in total. The van der Waals surface area contributed by atoms with Crippen molar-refractivity contribution in [1.82, 2.24) is 5.32 Å². The number of aliphatic imine (C=N–C) groups is 1. The third-order valence-corrected chi connectivity index (χ3v) is 3.02. The highest BCUT2D eigenvalue weighted by molar-refractivity contribution is 8.18. The molecule has 1 aromatic heterocycles. The second-order valence-corrected chi connectivity index (χ2v) is 5.06. The van der Waals surface area contributed by atoms with Gasteiger partial charge in [0, 0.05) is 12.1 Å². The molecule has 0 aromatic carbocycles.